The van der Waals surface area contributed by atoms with Crippen LogP contribution in [0.25, 0.3) is 0 Å². The van der Waals surface area contributed by atoms with E-state index >= 15 is 0 Å². The first kappa shape index (κ1) is 15.6. The van der Waals surface area contributed by atoms with E-state index in [1.165, 1.54) is 4.88 Å². The Hall–Kier alpha value is -0.450. The molecule has 18 heavy (non-hydrogen) atoms. The molecule has 0 radical (unpaired) electrons. The van der Waals surface area contributed by atoms with Gasteiger partial charge in [0.25, 0.3) is 0 Å². The van der Waals surface area contributed by atoms with Crippen molar-refractivity contribution >= 4 is 11.3 Å². The third-order valence-corrected chi connectivity index (χ3v) is 3.84. The van der Waals surface area contributed by atoms with Gasteiger partial charge in [0.1, 0.15) is 0 Å². The summed E-state index contributed by atoms with van der Waals surface area (Å²) in [6, 6.07) is 0. The predicted octanol–water partition coefficient (Wildman–Crippen LogP) is 3.18. The molecule has 1 aromatic rings. The molecule has 0 saturated heterocycles. The maximum atomic E-state index is 5.93. The summed E-state index contributed by atoms with van der Waals surface area (Å²) in [4.78, 5) is 5.60. The molecule has 0 aliphatic heterocycles. The van der Waals surface area contributed by atoms with E-state index in [9.17, 15) is 0 Å². The second-order valence-electron chi connectivity index (χ2n) is 5.64. The minimum absolute atomic E-state index is 0.158. The SMILES string of the molecule is CCC(CNC(C)(C)C)OCCc1scnc1C. The van der Waals surface area contributed by atoms with Crippen LogP contribution in [0, 0.1) is 6.92 Å². The topological polar surface area (TPSA) is 34.1 Å². The monoisotopic (exact) mass is 270 g/mol. The van der Waals surface area contributed by atoms with E-state index in [0.717, 1.165) is 31.7 Å². The van der Waals surface area contributed by atoms with Gasteiger partial charge in [0, 0.05) is 23.4 Å². The lowest BCUT2D eigenvalue weighted by molar-refractivity contribution is 0.0489. The summed E-state index contributed by atoms with van der Waals surface area (Å²) >= 11 is 1.72. The van der Waals surface area contributed by atoms with E-state index < -0.39 is 0 Å². The standard InChI is InChI=1S/C14H26N2OS/c1-6-12(9-16-14(3,4)5)17-8-7-13-11(2)15-10-18-13/h10,12,16H,6-9H2,1-5H3. The van der Waals surface area contributed by atoms with Gasteiger partial charge in [-0.25, -0.2) is 4.98 Å². The first-order valence-electron chi connectivity index (χ1n) is 6.68. The van der Waals surface area contributed by atoms with Crippen molar-refractivity contribution in [2.24, 2.45) is 0 Å². The Kier molecular flexibility index (Phi) is 6.26. The minimum atomic E-state index is 0.158. The molecule has 0 spiro atoms. The van der Waals surface area contributed by atoms with Crippen molar-refractivity contribution in [1.82, 2.24) is 10.3 Å². The van der Waals surface area contributed by atoms with E-state index in [4.69, 9.17) is 4.74 Å². The summed E-state index contributed by atoms with van der Waals surface area (Å²) in [5.41, 5.74) is 3.21. The summed E-state index contributed by atoms with van der Waals surface area (Å²) in [5, 5.41) is 3.49. The van der Waals surface area contributed by atoms with Crippen LogP contribution in [0.5, 0.6) is 0 Å². The van der Waals surface area contributed by atoms with Gasteiger partial charge in [-0.15, -0.1) is 11.3 Å². The number of aromatic nitrogens is 1. The van der Waals surface area contributed by atoms with Crippen molar-refractivity contribution < 1.29 is 4.74 Å². The number of aryl methyl sites for hydroxylation is 1. The molecular formula is C14H26N2OS. The molecule has 1 rings (SSSR count). The second-order valence-corrected chi connectivity index (χ2v) is 6.58. The van der Waals surface area contributed by atoms with Crippen LogP contribution in [0.4, 0.5) is 0 Å². The Morgan fingerprint density at radius 3 is 2.67 bits per heavy atom. The molecule has 0 aromatic carbocycles. The molecule has 1 atom stereocenters. The number of hydrogen-bond acceptors (Lipinski definition) is 4. The highest BCUT2D eigenvalue weighted by molar-refractivity contribution is 7.09. The normalized spacial score (nSPS) is 13.8. The minimum Gasteiger partial charge on any atom is -0.377 e. The average Bonchev–Trinajstić information content (AvgIpc) is 2.68. The van der Waals surface area contributed by atoms with Gasteiger partial charge in [0.2, 0.25) is 0 Å². The van der Waals surface area contributed by atoms with Crippen molar-refractivity contribution in [2.75, 3.05) is 13.2 Å². The predicted molar refractivity (Wildman–Crippen MR) is 78.3 cm³/mol. The van der Waals surface area contributed by atoms with Crippen LogP contribution in [-0.2, 0) is 11.2 Å². The zero-order chi connectivity index (χ0) is 13.6. The zero-order valence-corrected chi connectivity index (χ0v) is 13.1. The van der Waals surface area contributed by atoms with E-state index in [1.54, 1.807) is 11.3 Å². The Balaban J connectivity index is 2.25. The fourth-order valence-electron chi connectivity index (χ4n) is 1.63. The van der Waals surface area contributed by atoms with Crippen LogP contribution in [0.15, 0.2) is 5.51 Å². The van der Waals surface area contributed by atoms with Gasteiger partial charge in [-0.3, -0.25) is 0 Å². The van der Waals surface area contributed by atoms with Crippen molar-refractivity contribution in [3.63, 3.8) is 0 Å². The van der Waals surface area contributed by atoms with E-state index in [1.807, 2.05) is 5.51 Å². The largest absolute Gasteiger partial charge is 0.377 e. The highest BCUT2D eigenvalue weighted by Gasteiger charge is 2.13. The molecule has 0 amide bonds. The van der Waals surface area contributed by atoms with E-state index in [0.29, 0.717) is 6.10 Å². The molecule has 0 bridgehead atoms. The van der Waals surface area contributed by atoms with E-state index in [-0.39, 0.29) is 5.54 Å². The fraction of sp³-hybridized carbons (Fsp3) is 0.786. The maximum Gasteiger partial charge on any atom is 0.0797 e. The van der Waals surface area contributed by atoms with Crippen LogP contribution >= 0.6 is 11.3 Å². The van der Waals surface area contributed by atoms with Gasteiger partial charge in [0.15, 0.2) is 0 Å². The van der Waals surface area contributed by atoms with Crippen LogP contribution < -0.4 is 5.32 Å². The first-order chi connectivity index (χ1) is 8.42. The lowest BCUT2D eigenvalue weighted by Gasteiger charge is -2.24. The molecule has 1 N–H and O–H groups in total. The molecule has 3 nitrogen and oxygen atoms in total. The smallest absolute Gasteiger partial charge is 0.0797 e. The van der Waals surface area contributed by atoms with Crippen molar-refractivity contribution in [2.45, 2.75) is 59.1 Å². The summed E-state index contributed by atoms with van der Waals surface area (Å²) in [6.07, 6.45) is 2.32. The number of thiazole rings is 1. The summed E-state index contributed by atoms with van der Waals surface area (Å²) < 4.78 is 5.93. The molecule has 4 heteroatoms. The number of hydrogen-bond donors (Lipinski definition) is 1. The quantitative estimate of drug-likeness (QED) is 0.826. The Morgan fingerprint density at radius 1 is 1.44 bits per heavy atom. The zero-order valence-electron chi connectivity index (χ0n) is 12.2. The summed E-state index contributed by atoms with van der Waals surface area (Å²) in [6.45, 7) is 12.5. The molecule has 0 fully saturated rings. The van der Waals surface area contributed by atoms with Gasteiger partial charge in [-0.1, -0.05) is 6.92 Å². The molecular weight excluding hydrogens is 244 g/mol. The third kappa shape index (κ3) is 5.94. The Labute approximate surface area is 115 Å². The second kappa shape index (κ2) is 7.22. The highest BCUT2D eigenvalue weighted by Crippen LogP contribution is 2.13. The Morgan fingerprint density at radius 2 is 2.17 bits per heavy atom. The Bertz CT molecular complexity index is 344. The van der Waals surface area contributed by atoms with Crippen LogP contribution in [-0.4, -0.2) is 29.8 Å². The van der Waals surface area contributed by atoms with Crippen molar-refractivity contribution in [3.05, 3.63) is 16.1 Å². The van der Waals surface area contributed by atoms with Gasteiger partial charge in [-0.2, -0.15) is 0 Å². The number of nitrogens with one attached hydrogen (secondary N) is 1. The molecule has 0 aliphatic carbocycles. The molecule has 104 valence electrons. The van der Waals surface area contributed by atoms with Crippen LogP contribution in [0.1, 0.15) is 44.7 Å². The van der Waals surface area contributed by atoms with E-state index in [2.05, 4.69) is 44.9 Å². The number of ether oxygens (including phenoxy) is 1. The number of rotatable bonds is 7. The van der Waals surface area contributed by atoms with Crippen molar-refractivity contribution in [3.8, 4) is 0 Å². The van der Waals surface area contributed by atoms with Crippen LogP contribution in [0.3, 0.4) is 0 Å². The fourth-order valence-corrected chi connectivity index (χ4v) is 2.39. The lowest BCUT2D eigenvalue weighted by Crippen LogP contribution is -2.41. The highest BCUT2D eigenvalue weighted by atomic mass is 32.1. The van der Waals surface area contributed by atoms with Gasteiger partial charge >= 0.3 is 0 Å². The van der Waals surface area contributed by atoms with Crippen molar-refractivity contribution in [1.29, 1.82) is 0 Å². The third-order valence-electron chi connectivity index (χ3n) is 2.84. The first-order valence-corrected chi connectivity index (χ1v) is 7.56. The summed E-state index contributed by atoms with van der Waals surface area (Å²) in [7, 11) is 0. The summed E-state index contributed by atoms with van der Waals surface area (Å²) in [5.74, 6) is 0. The van der Waals surface area contributed by atoms with Crippen LogP contribution in [0.2, 0.25) is 0 Å². The molecule has 1 unspecified atom stereocenters. The average molecular weight is 270 g/mol. The molecule has 0 saturated carbocycles. The molecule has 1 aromatic heterocycles. The lowest BCUT2D eigenvalue weighted by atomic mass is 10.1. The molecule has 1 heterocycles. The number of nitrogens with zero attached hydrogens (tertiary/aromatic N) is 1. The molecule has 0 aliphatic rings. The maximum absolute atomic E-state index is 5.93. The van der Waals surface area contributed by atoms with Gasteiger partial charge in [0.05, 0.1) is 23.9 Å². The van der Waals surface area contributed by atoms with Gasteiger partial charge in [-0.05, 0) is 34.1 Å². The van der Waals surface area contributed by atoms with Gasteiger partial charge < -0.3 is 10.1 Å².